The number of hydrogen-bond donors (Lipinski definition) is 3. The van der Waals surface area contributed by atoms with Crippen LogP contribution in [0, 0.1) is 0 Å². The fourth-order valence-electron chi connectivity index (χ4n) is 2.32. The lowest BCUT2D eigenvalue weighted by molar-refractivity contribution is -0.124. The van der Waals surface area contributed by atoms with E-state index in [1.165, 1.54) is 6.33 Å². The van der Waals surface area contributed by atoms with Gasteiger partial charge >= 0.3 is 0 Å². The van der Waals surface area contributed by atoms with Crippen LogP contribution < -0.4 is 11.1 Å². The SMILES string of the molecule is CCNC1(C(N)=O)CCC(Sc2ncn[nH]2)C1. The molecule has 1 fully saturated rings. The van der Waals surface area contributed by atoms with E-state index in [9.17, 15) is 4.79 Å². The lowest BCUT2D eigenvalue weighted by Gasteiger charge is -2.26. The van der Waals surface area contributed by atoms with Gasteiger partial charge in [-0.15, -0.1) is 0 Å². The number of rotatable bonds is 5. The quantitative estimate of drug-likeness (QED) is 0.702. The Kier molecular flexibility index (Phi) is 3.68. The number of aromatic amines is 1. The molecular weight excluding hydrogens is 238 g/mol. The van der Waals surface area contributed by atoms with Crippen LogP contribution in [0.4, 0.5) is 0 Å². The first-order chi connectivity index (χ1) is 8.16. The Hall–Kier alpha value is -1.08. The summed E-state index contributed by atoms with van der Waals surface area (Å²) in [5.74, 6) is -0.250. The van der Waals surface area contributed by atoms with Crippen LogP contribution in [-0.4, -0.2) is 38.4 Å². The summed E-state index contributed by atoms with van der Waals surface area (Å²) in [7, 11) is 0. The number of primary amides is 1. The number of H-pyrrole nitrogens is 1. The standard InChI is InChI=1S/C10H17N5OS/c1-2-13-10(8(11)16)4-3-7(5-10)17-9-12-6-14-15-9/h6-7,13H,2-5H2,1H3,(H2,11,16)(H,12,14,15). The number of hydrogen-bond acceptors (Lipinski definition) is 5. The van der Waals surface area contributed by atoms with Crippen molar-refractivity contribution in [1.29, 1.82) is 0 Å². The summed E-state index contributed by atoms with van der Waals surface area (Å²) >= 11 is 1.63. The molecule has 0 aliphatic heterocycles. The maximum atomic E-state index is 11.6. The van der Waals surface area contributed by atoms with Gasteiger partial charge in [0.15, 0.2) is 5.16 Å². The number of nitrogens with zero attached hydrogens (tertiary/aromatic N) is 2. The van der Waals surface area contributed by atoms with E-state index < -0.39 is 5.54 Å². The number of carbonyl (C=O) groups excluding carboxylic acids is 1. The minimum absolute atomic E-state index is 0.250. The summed E-state index contributed by atoms with van der Waals surface area (Å²) in [4.78, 5) is 15.7. The molecule has 0 spiro atoms. The van der Waals surface area contributed by atoms with Gasteiger partial charge in [0.2, 0.25) is 5.91 Å². The fourth-order valence-corrected chi connectivity index (χ4v) is 3.45. The summed E-state index contributed by atoms with van der Waals surface area (Å²) in [6, 6.07) is 0. The highest BCUT2D eigenvalue weighted by molar-refractivity contribution is 7.99. The zero-order valence-corrected chi connectivity index (χ0v) is 10.6. The van der Waals surface area contributed by atoms with Crippen molar-refractivity contribution in [2.45, 2.75) is 42.1 Å². The number of thioether (sulfide) groups is 1. The normalized spacial score (nSPS) is 28.4. The molecule has 94 valence electrons. The van der Waals surface area contributed by atoms with Gasteiger partial charge in [-0.1, -0.05) is 18.7 Å². The molecule has 1 aromatic heterocycles. The van der Waals surface area contributed by atoms with Gasteiger partial charge in [0.1, 0.15) is 6.33 Å². The molecule has 1 aliphatic carbocycles. The van der Waals surface area contributed by atoms with E-state index in [-0.39, 0.29) is 5.91 Å². The van der Waals surface area contributed by atoms with E-state index in [1.807, 2.05) is 6.92 Å². The first-order valence-electron chi connectivity index (χ1n) is 5.73. The lowest BCUT2D eigenvalue weighted by atomic mass is 9.97. The highest BCUT2D eigenvalue weighted by Crippen LogP contribution is 2.38. The molecule has 7 heteroatoms. The highest BCUT2D eigenvalue weighted by Gasteiger charge is 2.43. The fraction of sp³-hybridized carbons (Fsp3) is 0.700. The second-order valence-electron chi connectivity index (χ2n) is 4.25. The molecule has 4 N–H and O–H groups in total. The van der Waals surface area contributed by atoms with Crippen LogP contribution in [0.25, 0.3) is 0 Å². The van der Waals surface area contributed by atoms with Gasteiger partial charge < -0.3 is 11.1 Å². The molecule has 1 saturated carbocycles. The second kappa shape index (κ2) is 5.05. The number of nitrogens with one attached hydrogen (secondary N) is 2. The van der Waals surface area contributed by atoms with E-state index in [1.54, 1.807) is 11.8 Å². The minimum Gasteiger partial charge on any atom is -0.368 e. The molecule has 1 aliphatic rings. The Morgan fingerprint density at radius 3 is 3.24 bits per heavy atom. The monoisotopic (exact) mass is 255 g/mol. The van der Waals surface area contributed by atoms with Crippen molar-refractivity contribution in [3.63, 3.8) is 0 Å². The second-order valence-corrected chi connectivity index (χ2v) is 5.54. The third-order valence-corrected chi connectivity index (χ3v) is 4.28. The molecule has 1 amide bonds. The van der Waals surface area contributed by atoms with Gasteiger partial charge in [-0.25, -0.2) is 4.98 Å². The highest BCUT2D eigenvalue weighted by atomic mass is 32.2. The lowest BCUT2D eigenvalue weighted by Crippen LogP contribution is -2.53. The number of likely N-dealkylation sites (N-methyl/N-ethyl adjacent to an activating group) is 1. The van der Waals surface area contributed by atoms with Gasteiger partial charge in [-0.3, -0.25) is 9.89 Å². The Morgan fingerprint density at radius 1 is 1.82 bits per heavy atom. The Morgan fingerprint density at radius 2 is 2.65 bits per heavy atom. The van der Waals surface area contributed by atoms with Crippen LogP contribution >= 0.6 is 11.8 Å². The van der Waals surface area contributed by atoms with Crippen molar-refractivity contribution in [2.24, 2.45) is 5.73 Å². The smallest absolute Gasteiger partial charge is 0.237 e. The molecular formula is C10H17N5OS. The number of aromatic nitrogens is 3. The van der Waals surface area contributed by atoms with Crippen molar-refractivity contribution in [3.05, 3.63) is 6.33 Å². The van der Waals surface area contributed by atoms with Gasteiger partial charge in [-0.2, -0.15) is 5.10 Å². The predicted molar refractivity (Wildman–Crippen MR) is 65.5 cm³/mol. The average Bonchev–Trinajstić information content (AvgIpc) is 2.90. The van der Waals surface area contributed by atoms with E-state index in [0.717, 1.165) is 31.0 Å². The summed E-state index contributed by atoms with van der Waals surface area (Å²) in [5, 5.41) is 11.0. The number of nitrogens with two attached hydrogens (primary N) is 1. The van der Waals surface area contributed by atoms with Crippen molar-refractivity contribution in [3.8, 4) is 0 Å². The molecule has 6 nitrogen and oxygen atoms in total. The van der Waals surface area contributed by atoms with Crippen LogP contribution in [0.3, 0.4) is 0 Å². The van der Waals surface area contributed by atoms with Crippen LogP contribution in [0.5, 0.6) is 0 Å². The summed E-state index contributed by atoms with van der Waals surface area (Å²) in [5.41, 5.74) is 4.97. The Balaban J connectivity index is 1.99. The molecule has 2 rings (SSSR count). The zero-order chi connectivity index (χ0) is 12.3. The van der Waals surface area contributed by atoms with Crippen LogP contribution in [0.2, 0.25) is 0 Å². The predicted octanol–water partition coefficient (Wildman–Crippen LogP) is 0.283. The Labute approximate surface area is 104 Å². The molecule has 17 heavy (non-hydrogen) atoms. The summed E-state index contributed by atoms with van der Waals surface area (Å²) in [6.07, 6.45) is 3.99. The van der Waals surface area contributed by atoms with Crippen molar-refractivity contribution < 1.29 is 4.79 Å². The van der Waals surface area contributed by atoms with Gasteiger partial charge in [-0.05, 0) is 25.8 Å². The van der Waals surface area contributed by atoms with Crippen molar-refractivity contribution in [2.75, 3.05) is 6.54 Å². The van der Waals surface area contributed by atoms with Gasteiger partial charge in [0.25, 0.3) is 0 Å². The van der Waals surface area contributed by atoms with Crippen LogP contribution in [0.1, 0.15) is 26.2 Å². The molecule has 0 aromatic carbocycles. The third-order valence-electron chi connectivity index (χ3n) is 3.13. The molecule has 0 bridgehead atoms. The number of amides is 1. The van der Waals surface area contributed by atoms with E-state index in [0.29, 0.717) is 5.25 Å². The average molecular weight is 255 g/mol. The van der Waals surface area contributed by atoms with Gasteiger partial charge in [0, 0.05) is 5.25 Å². The largest absolute Gasteiger partial charge is 0.368 e. The third kappa shape index (κ3) is 2.61. The topological polar surface area (TPSA) is 96.7 Å². The Bertz CT molecular complexity index is 382. The van der Waals surface area contributed by atoms with E-state index in [2.05, 4.69) is 20.5 Å². The van der Waals surface area contributed by atoms with Gasteiger partial charge in [0.05, 0.1) is 5.54 Å². The molecule has 1 aromatic rings. The molecule has 0 radical (unpaired) electrons. The first-order valence-corrected chi connectivity index (χ1v) is 6.61. The van der Waals surface area contributed by atoms with Crippen molar-refractivity contribution >= 4 is 17.7 Å². The van der Waals surface area contributed by atoms with Crippen LogP contribution in [-0.2, 0) is 4.79 Å². The maximum absolute atomic E-state index is 11.6. The summed E-state index contributed by atoms with van der Waals surface area (Å²) in [6.45, 7) is 2.74. The summed E-state index contributed by atoms with van der Waals surface area (Å²) < 4.78 is 0. The van der Waals surface area contributed by atoms with Crippen LogP contribution in [0.15, 0.2) is 11.5 Å². The molecule has 0 saturated heterocycles. The molecule has 2 unspecified atom stereocenters. The van der Waals surface area contributed by atoms with E-state index >= 15 is 0 Å². The maximum Gasteiger partial charge on any atom is 0.237 e. The van der Waals surface area contributed by atoms with E-state index in [4.69, 9.17) is 5.73 Å². The first kappa shape index (κ1) is 12.4. The number of carbonyl (C=O) groups is 1. The minimum atomic E-state index is -0.535. The molecule has 1 heterocycles. The van der Waals surface area contributed by atoms with Crippen molar-refractivity contribution in [1.82, 2.24) is 20.5 Å². The molecule has 2 atom stereocenters. The zero-order valence-electron chi connectivity index (χ0n) is 9.77.